The van der Waals surface area contributed by atoms with E-state index in [1.165, 1.54) is 0 Å². The quantitative estimate of drug-likeness (QED) is 0.735. The zero-order valence-corrected chi connectivity index (χ0v) is 13.9. The second-order valence-electron chi connectivity index (χ2n) is 6.11. The van der Waals surface area contributed by atoms with Crippen LogP contribution in [0, 0.1) is 6.92 Å². The van der Waals surface area contributed by atoms with Crippen molar-refractivity contribution in [1.82, 2.24) is 25.0 Å². The third-order valence-corrected chi connectivity index (χ3v) is 4.47. The predicted molar refractivity (Wildman–Crippen MR) is 92.9 cm³/mol. The van der Waals surface area contributed by atoms with Gasteiger partial charge in [-0.3, -0.25) is 14.8 Å². The van der Waals surface area contributed by atoms with E-state index in [1.807, 2.05) is 36.1 Å². The molecule has 7 heteroatoms. The number of piperidine rings is 1. The highest BCUT2D eigenvalue weighted by Gasteiger charge is 2.32. The monoisotopic (exact) mass is 334 g/mol. The van der Waals surface area contributed by atoms with Gasteiger partial charge >= 0.3 is 0 Å². The molecule has 1 saturated heterocycles. The smallest absolute Gasteiger partial charge is 0.251 e. The lowest BCUT2D eigenvalue weighted by atomic mass is 10.0. The van der Waals surface area contributed by atoms with Gasteiger partial charge in [-0.1, -0.05) is 23.4 Å². The number of aromatic nitrogens is 5. The Morgan fingerprint density at radius 3 is 2.84 bits per heavy atom. The second-order valence-corrected chi connectivity index (χ2v) is 6.11. The predicted octanol–water partition coefficient (Wildman–Crippen LogP) is 2.41. The molecule has 1 aliphatic heterocycles. The minimum Gasteiger partial charge on any atom is -0.310 e. The van der Waals surface area contributed by atoms with Gasteiger partial charge in [-0.05, 0) is 31.4 Å². The molecular weight excluding hydrogens is 316 g/mol. The molecule has 0 N–H and O–H groups in total. The van der Waals surface area contributed by atoms with Crippen molar-refractivity contribution in [3.8, 4) is 11.4 Å². The molecule has 3 heterocycles. The van der Waals surface area contributed by atoms with Gasteiger partial charge < -0.3 is 4.90 Å². The summed E-state index contributed by atoms with van der Waals surface area (Å²) in [5.74, 6) is 0.0520. The number of benzene rings is 1. The average Bonchev–Trinajstić information content (AvgIpc) is 3.13. The number of carbonyl (C=O) groups excluding carboxylic acids is 1. The molecule has 0 bridgehead atoms. The SMILES string of the molecule is Cc1ccccc1N1CCCC(n2cc(-c3cnccn3)nn2)C1=O. The second kappa shape index (κ2) is 6.43. The van der Waals surface area contributed by atoms with Crippen molar-refractivity contribution >= 4 is 11.6 Å². The van der Waals surface area contributed by atoms with E-state index in [-0.39, 0.29) is 11.9 Å². The van der Waals surface area contributed by atoms with E-state index in [9.17, 15) is 4.79 Å². The first-order valence-corrected chi connectivity index (χ1v) is 8.29. The molecule has 4 rings (SSSR count). The Balaban J connectivity index is 1.62. The molecule has 1 aromatic carbocycles. The number of nitrogens with zero attached hydrogens (tertiary/aromatic N) is 6. The summed E-state index contributed by atoms with van der Waals surface area (Å²) in [4.78, 5) is 23.2. The standard InChI is InChI=1S/C18H18N6O/c1-13-5-2-3-6-16(13)23-10-4-7-17(18(23)25)24-12-15(21-22-24)14-11-19-8-9-20-14/h2-3,5-6,8-9,11-12,17H,4,7,10H2,1H3. The van der Waals surface area contributed by atoms with Gasteiger partial charge in [-0.2, -0.15) is 0 Å². The maximum atomic E-state index is 13.0. The van der Waals surface area contributed by atoms with Gasteiger partial charge in [0.25, 0.3) is 5.91 Å². The van der Waals surface area contributed by atoms with E-state index in [1.54, 1.807) is 29.5 Å². The third kappa shape index (κ3) is 2.88. The van der Waals surface area contributed by atoms with Gasteiger partial charge in [0, 0.05) is 24.6 Å². The number of amides is 1. The maximum absolute atomic E-state index is 13.0. The van der Waals surface area contributed by atoms with Crippen molar-refractivity contribution < 1.29 is 4.79 Å². The summed E-state index contributed by atoms with van der Waals surface area (Å²) in [7, 11) is 0. The summed E-state index contributed by atoms with van der Waals surface area (Å²) in [6.45, 7) is 2.75. The largest absolute Gasteiger partial charge is 0.310 e. The molecule has 1 amide bonds. The minimum atomic E-state index is -0.341. The first-order chi connectivity index (χ1) is 12.2. The van der Waals surface area contributed by atoms with E-state index in [0.29, 0.717) is 11.4 Å². The van der Waals surface area contributed by atoms with Crippen LogP contribution in [-0.4, -0.2) is 37.4 Å². The highest BCUT2D eigenvalue weighted by Crippen LogP contribution is 2.29. The Kier molecular flexibility index (Phi) is 3.97. The summed E-state index contributed by atoms with van der Waals surface area (Å²) in [5, 5.41) is 8.32. The third-order valence-electron chi connectivity index (χ3n) is 4.47. The number of para-hydroxylation sites is 1. The van der Waals surface area contributed by atoms with E-state index < -0.39 is 0 Å². The molecule has 2 aromatic heterocycles. The van der Waals surface area contributed by atoms with Gasteiger partial charge in [-0.25, -0.2) is 4.68 Å². The topological polar surface area (TPSA) is 76.8 Å². The molecular formula is C18H18N6O. The first kappa shape index (κ1) is 15.4. The molecule has 126 valence electrons. The van der Waals surface area contributed by atoms with Crippen molar-refractivity contribution in [1.29, 1.82) is 0 Å². The fraction of sp³-hybridized carbons (Fsp3) is 0.278. The van der Waals surface area contributed by atoms with Crippen molar-refractivity contribution in [2.75, 3.05) is 11.4 Å². The zero-order valence-electron chi connectivity index (χ0n) is 13.9. The van der Waals surface area contributed by atoms with Crippen LogP contribution >= 0.6 is 0 Å². The normalized spacial score (nSPS) is 17.7. The number of hydrogen-bond donors (Lipinski definition) is 0. The lowest BCUT2D eigenvalue weighted by Gasteiger charge is -2.33. The van der Waals surface area contributed by atoms with Crippen LogP contribution < -0.4 is 4.90 Å². The Morgan fingerprint density at radius 1 is 1.16 bits per heavy atom. The van der Waals surface area contributed by atoms with Crippen LogP contribution in [0.15, 0.2) is 49.1 Å². The summed E-state index contributed by atoms with van der Waals surface area (Å²) in [6.07, 6.45) is 8.30. The molecule has 0 aliphatic carbocycles. The molecule has 25 heavy (non-hydrogen) atoms. The van der Waals surface area contributed by atoms with Crippen molar-refractivity contribution in [2.45, 2.75) is 25.8 Å². The molecule has 3 aromatic rings. The van der Waals surface area contributed by atoms with Crippen LogP contribution in [-0.2, 0) is 4.79 Å². The molecule has 1 fully saturated rings. The number of carbonyl (C=O) groups is 1. The van der Waals surface area contributed by atoms with Gasteiger partial charge in [0.15, 0.2) is 0 Å². The number of aryl methyl sites for hydroxylation is 1. The molecule has 0 saturated carbocycles. The van der Waals surface area contributed by atoms with Crippen LogP contribution in [0.25, 0.3) is 11.4 Å². The molecule has 7 nitrogen and oxygen atoms in total. The van der Waals surface area contributed by atoms with Gasteiger partial charge in [0.05, 0.1) is 12.4 Å². The average molecular weight is 334 g/mol. The summed E-state index contributed by atoms with van der Waals surface area (Å²) >= 11 is 0. The Bertz CT molecular complexity index is 891. The highest BCUT2D eigenvalue weighted by molar-refractivity contribution is 5.97. The molecule has 1 atom stereocenters. The number of rotatable bonds is 3. The van der Waals surface area contributed by atoms with Crippen LogP contribution in [0.2, 0.25) is 0 Å². The van der Waals surface area contributed by atoms with E-state index in [2.05, 4.69) is 20.3 Å². The van der Waals surface area contributed by atoms with E-state index in [0.717, 1.165) is 30.6 Å². The fourth-order valence-electron chi connectivity index (χ4n) is 3.18. The minimum absolute atomic E-state index is 0.0520. The Morgan fingerprint density at radius 2 is 2.04 bits per heavy atom. The highest BCUT2D eigenvalue weighted by atomic mass is 16.2. The molecule has 1 unspecified atom stereocenters. The fourth-order valence-corrected chi connectivity index (χ4v) is 3.18. The van der Waals surface area contributed by atoms with Crippen molar-refractivity contribution in [2.24, 2.45) is 0 Å². The summed E-state index contributed by atoms with van der Waals surface area (Å²) in [5.41, 5.74) is 3.32. The Labute approximate surface area is 145 Å². The maximum Gasteiger partial charge on any atom is 0.251 e. The van der Waals surface area contributed by atoms with Crippen LogP contribution in [0.5, 0.6) is 0 Å². The van der Waals surface area contributed by atoms with Crippen molar-refractivity contribution in [3.05, 3.63) is 54.6 Å². The molecule has 0 radical (unpaired) electrons. The lowest BCUT2D eigenvalue weighted by Crippen LogP contribution is -2.42. The number of hydrogen-bond acceptors (Lipinski definition) is 5. The summed E-state index contributed by atoms with van der Waals surface area (Å²) in [6, 6.07) is 7.61. The Hall–Kier alpha value is -3.09. The van der Waals surface area contributed by atoms with Crippen molar-refractivity contribution in [3.63, 3.8) is 0 Å². The summed E-state index contributed by atoms with van der Waals surface area (Å²) < 4.78 is 1.65. The number of anilines is 1. The van der Waals surface area contributed by atoms with Crippen LogP contribution in [0.3, 0.4) is 0 Å². The van der Waals surface area contributed by atoms with Crippen LogP contribution in [0.4, 0.5) is 5.69 Å². The van der Waals surface area contributed by atoms with E-state index >= 15 is 0 Å². The van der Waals surface area contributed by atoms with Gasteiger partial charge in [-0.15, -0.1) is 5.10 Å². The first-order valence-electron chi connectivity index (χ1n) is 8.29. The lowest BCUT2D eigenvalue weighted by molar-refractivity contribution is -0.123. The zero-order chi connectivity index (χ0) is 17.2. The van der Waals surface area contributed by atoms with E-state index in [4.69, 9.17) is 0 Å². The van der Waals surface area contributed by atoms with Gasteiger partial charge in [0.2, 0.25) is 0 Å². The van der Waals surface area contributed by atoms with Gasteiger partial charge in [0.1, 0.15) is 17.4 Å². The van der Waals surface area contributed by atoms with Crippen LogP contribution in [0.1, 0.15) is 24.4 Å². The molecule has 1 aliphatic rings. The molecule has 0 spiro atoms.